The molecule has 3 N–H and O–H groups in total. The van der Waals surface area contributed by atoms with Gasteiger partial charge in [0.2, 0.25) is 0 Å². The molecule has 7 nitrogen and oxygen atoms in total. The smallest absolute Gasteiger partial charge is 0.373 e. The van der Waals surface area contributed by atoms with Gasteiger partial charge in [0.05, 0.1) is 12.8 Å². The third-order valence-electron chi connectivity index (χ3n) is 4.96. The lowest BCUT2D eigenvalue weighted by Gasteiger charge is -2.15. The number of rotatable bonds is 5. The normalized spacial score (nSPS) is 11.6. The maximum atomic E-state index is 13.3. The largest absolute Gasteiger partial charge is 0.496 e. The van der Waals surface area contributed by atoms with Crippen LogP contribution in [0.15, 0.2) is 72.8 Å². The van der Waals surface area contributed by atoms with Gasteiger partial charge in [-0.25, -0.2) is 5.84 Å². The summed E-state index contributed by atoms with van der Waals surface area (Å²) in [4.78, 5) is 13.3. The zero-order valence-corrected chi connectivity index (χ0v) is 16.8. The fourth-order valence-electron chi connectivity index (χ4n) is 3.52. The molecule has 0 heterocycles. The molecule has 0 aromatic heterocycles. The number of benzene rings is 4. The number of hydrogen-bond donors (Lipinski definition) is 2. The summed E-state index contributed by atoms with van der Waals surface area (Å²) in [5, 5.41) is 3.51. The third kappa shape index (κ3) is 3.37. The lowest BCUT2D eigenvalue weighted by atomic mass is 9.92. The Morgan fingerprint density at radius 3 is 2.13 bits per heavy atom. The molecule has 0 saturated heterocycles. The molecule has 0 aliphatic rings. The van der Waals surface area contributed by atoms with Crippen molar-refractivity contribution < 1.29 is 22.5 Å². The van der Waals surface area contributed by atoms with Crippen molar-refractivity contribution in [1.29, 1.82) is 0 Å². The van der Waals surface area contributed by atoms with Crippen LogP contribution in [0.3, 0.4) is 0 Å². The standard InChI is InChI=1S/C22H18N2O5S/c1-29-21-8-4-7-17-16-5-2-3-6-18(16)20(13-19(17)21)22(25)14-9-11-15(12-10-14)24(23)30(26,27)28/h2-13H,23H2,1H3,(H,26,27,28). The van der Waals surface area contributed by atoms with Crippen LogP contribution in [0.1, 0.15) is 15.9 Å². The van der Waals surface area contributed by atoms with Crippen molar-refractivity contribution in [3.05, 3.63) is 83.9 Å². The van der Waals surface area contributed by atoms with Gasteiger partial charge >= 0.3 is 10.3 Å². The van der Waals surface area contributed by atoms with Crippen LogP contribution in [0.2, 0.25) is 0 Å². The van der Waals surface area contributed by atoms with E-state index in [2.05, 4.69) is 0 Å². The second-order valence-electron chi connectivity index (χ2n) is 6.67. The number of fused-ring (bicyclic) bond motifs is 3. The van der Waals surface area contributed by atoms with Crippen LogP contribution >= 0.6 is 0 Å². The molecule has 4 aromatic carbocycles. The SMILES string of the molecule is COc1cccc2c1cc(C(=O)c1ccc(N(N)S(=O)(=O)O)cc1)c1ccccc12. The van der Waals surface area contributed by atoms with Crippen LogP contribution in [-0.4, -0.2) is 25.9 Å². The predicted octanol–water partition coefficient (Wildman–Crippen LogP) is 3.72. The lowest BCUT2D eigenvalue weighted by molar-refractivity contribution is 0.104. The molecule has 0 saturated carbocycles. The monoisotopic (exact) mass is 422 g/mol. The van der Waals surface area contributed by atoms with Crippen molar-refractivity contribution in [2.75, 3.05) is 11.5 Å². The highest BCUT2D eigenvalue weighted by Crippen LogP contribution is 2.35. The van der Waals surface area contributed by atoms with E-state index >= 15 is 0 Å². The molecule has 0 spiro atoms. The van der Waals surface area contributed by atoms with Crippen LogP contribution in [0.4, 0.5) is 5.69 Å². The summed E-state index contributed by atoms with van der Waals surface area (Å²) in [7, 11) is -3.01. The summed E-state index contributed by atoms with van der Waals surface area (Å²) < 4.78 is 37.1. The molecule has 4 aromatic rings. The van der Waals surface area contributed by atoms with E-state index in [-0.39, 0.29) is 15.9 Å². The van der Waals surface area contributed by atoms with E-state index in [4.69, 9.17) is 15.1 Å². The van der Waals surface area contributed by atoms with E-state index in [0.29, 0.717) is 16.9 Å². The predicted molar refractivity (Wildman–Crippen MR) is 116 cm³/mol. The van der Waals surface area contributed by atoms with Gasteiger partial charge in [-0.15, -0.1) is 0 Å². The average molecular weight is 422 g/mol. The van der Waals surface area contributed by atoms with Crippen LogP contribution in [0.5, 0.6) is 5.75 Å². The Labute approximate surface area is 173 Å². The zero-order chi connectivity index (χ0) is 21.5. The maximum Gasteiger partial charge on any atom is 0.373 e. The van der Waals surface area contributed by atoms with Gasteiger partial charge in [0.1, 0.15) is 5.75 Å². The summed E-state index contributed by atoms with van der Waals surface area (Å²) in [6.45, 7) is 0. The highest BCUT2D eigenvalue weighted by Gasteiger charge is 2.19. The lowest BCUT2D eigenvalue weighted by Crippen LogP contribution is -2.36. The molecule has 0 aliphatic carbocycles. The first kappa shape index (κ1) is 19.8. The van der Waals surface area contributed by atoms with Crippen LogP contribution in [-0.2, 0) is 10.3 Å². The highest BCUT2D eigenvalue weighted by atomic mass is 32.2. The Balaban J connectivity index is 1.87. The summed E-state index contributed by atoms with van der Waals surface area (Å²) in [5.74, 6) is 5.80. The first-order chi connectivity index (χ1) is 14.3. The summed E-state index contributed by atoms with van der Waals surface area (Å²) in [5.41, 5.74) is 0.871. The first-order valence-corrected chi connectivity index (χ1v) is 10.4. The van der Waals surface area contributed by atoms with Crippen LogP contribution in [0.25, 0.3) is 21.5 Å². The number of carbonyl (C=O) groups is 1. The number of hydrazine groups is 1. The van der Waals surface area contributed by atoms with E-state index < -0.39 is 10.3 Å². The number of nitrogens with zero attached hydrogens (tertiary/aromatic N) is 1. The second kappa shape index (κ2) is 7.42. The zero-order valence-electron chi connectivity index (χ0n) is 15.9. The van der Waals surface area contributed by atoms with Crippen molar-refractivity contribution >= 4 is 43.3 Å². The van der Waals surface area contributed by atoms with Gasteiger partial charge in [-0.1, -0.05) is 36.4 Å². The summed E-state index contributed by atoms with van der Waals surface area (Å²) in [6, 6.07) is 20.8. The van der Waals surface area contributed by atoms with Gasteiger partial charge in [0.25, 0.3) is 0 Å². The highest BCUT2D eigenvalue weighted by molar-refractivity contribution is 7.87. The average Bonchev–Trinajstić information content (AvgIpc) is 2.76. The van der Waals surface area contributed by atoms with Crippen molar-refractivity contribution in [2.24, 2.45) is 5.84 Å². The van der Waals surface area contributed by atoms with Crippen LogP contribution in [0, 0.1) is 0 Å². The van der Waals surface area contributed by atoms with Gasteiger partial charge in [0.15, 0.2) is 5.78 Å². The molecule has 8 heteroatoms. The maximum absolute atomic E-state index is 13.3. The number of ketones is 1. The van der Waals surface area contributed by atoms with Gasteiger partial charge in [-0.2, -0.15) is 12.8 Å². The van der Waals surface area contributed by atoms with E-state index in [1.54, 1.807) is 13.2 Å². The minimum atomic E-state index is -4.59. The summed E-state index contributed by atoms with van der Waals surface area (Å²) >= 11 is 0. The van der Waals surface area contributed by atoms with Gasteiger partial charge in [-0.3, -0.25) is 9.35 Å². The Morgan fingerprint density at radius 1 is 0.900 bits per heavy atom. The molecular weight excluding hydrogens is 404 g/mol. The van der Waals surface area contributed by atoms with Crippen molar-refractivity contribution in [3.63, 3.8) is 0 Å². The number of methoxy groups -OCH3 is 1. The minimum absolute atomic E-state index is 0.0269. The number of nitrogens with two attached hydrogens (primary N) is 1. The molecule has 0 aliphatic heterocycles. The van der Waals surface area contributed by atoms with Crippen molar-refractivity contribution in [2.45, 2.75) is 0 Å². The molecular formula is C22H18N2O5S. The Bertz CT molecular complexity index is 1380. The van der Waals surface area contributed by atoms with E-state index in [1.165, 1.54) is 24.3 Å². The van der Waals surface area contributed by atoms with Crippen molar-refractivity contribution in [3.8, 4) is 5.75 Å². The fraction of sp³-hybridized carbons (Fsp3) is 0.0455. The number of ether oxygens (including phenoxy) is 1. The molecule has 0 atom stereocenters. The molecule has 4 rings (SSSR count). The molecule has 0 fully saturated rings. The number of anilines is 1. The van der Waals surface area contributed by atoms with E-state index in [9.17, 15) is 13.2 Å². The van der Waals surface area contributed by atoms with Gasteiger partial charge in [0, 0.05) is 16.5 Å². The van der Waals surface area contributed by atoms with E-state index in [1.807, 2.05) is 42.5 Å². The molecule has 0 radical (unpaired) electrons. The Morgan fingerprint density at radius 2 is 1.50 bits per heavy atom. The van der Waals surface area contributed by atoms with Gasteiger partial charge in [-0.05, 0) is 52.6 Å². The molecule has 152 valence electrons. The Kier molecular flexibility index (Phi) is 4.90. The molecule has 0 bridgehead atoms. The minimum Gasteiger partial charge on any atom is -0.496 e. The van der Waals surface area contributed by atoms with Crippen LogP contribution < -0.4 is 15.0 Å². The Hall–Kier alpha value is -3.46. The topological polar surface area (TPSA) is 110 Å². The molecule has 0 amide bonds. The second-order valence-corrected chi connectivity index (χ2v) is 7.96. The van der Waals surface area contributed by atoms with Crippen molar-refractivity contribution in [1.82, 2.24) is 0 Å². The number of carbonyl (C=O) groups excluding carboxylic acids is 1. The molecule has 30 heavy (non-hydrogen) atoms. The summed E-state index contributed by atoms with van der Waals surface area (Å²) in [6.07, 6.45) is 0. The van der Waals surface area contributed by atoms with Gasteiger partial charge < -0.3 is 4.74 Å². The third-order valence-corrected chi connectivity index (χ3v) is 5.67. The van der Waals surface area contributed by atoms with E-state index in [0.717, 1.165) is 21.5 Å². The quantitative estimate of drug-likeness (QED) is 0.167. The fourth-order valence-corrected chi connectivity index (χ4v) is 3.91. The first-order valence-electron chi connectivity index (χ1n) is 8.97. The number of hydrogen-bond acceptors (Lipinski definition) is 5. The molecule has 0 unspecified atom stereocenters.